The maximum absolute atomic E-state index is 6.02. The summed E-state index contributed by atoms with van der Waals surface area (Å²) in [6.07, 6.45) is 0. The minimum atomic E-state index is 0.772. The summed E-state index contributed by atoms with van der Waals surface area (Å²) in [5.74, 6) is 0.772. The molecule has 18 heavy (non-hydrogen) atoms. The van der Waals surface area contributed by atoms with Gasteiger partial charge >= 0.3 is 0 Å². The normalized spacial score (nSPS) is 16.9. The van der Waals surface area contributed by atoms with E-state index < -0.39 is 0 Å². The van der Waals surface area contributed by atoms with Crippen molar-refractivity contribution in [1.82, 2.24) is 4.90 Å². The predicted molar refractivity (Wildman–Crippen MR) is 83.1 cm³/mol. The molecule has 1 fully saturated rings. The van der Waals surface area contributed by atoms with E-state index in [-0.39, 0.29) is 0 Å². The molecular formula is C14H19ClN2S. The van der Waals surface area contributed by atoms with Crippen LogP contribution < -0.4 is 4.90 Å². The van der Waals surface area contributed by atoms with Gasteiger partial charge < -0.3 is 4.90 Å². The highest BCUT2D eigenvalue weighted by Gasteiger charge is 2.17. The van der Waals surface area contributed by atoms with Gasteiger partial charge in [-0.1, -0.05) is 29.8 Å². The van der Waals surface area contributed by atoms with Crippen molar-refractivity contribution in [3.63, 3.8) is 0 Å². The summed E-state index contributed by atoms with van der Waals surface area (Å²) < 4.78 is 0. The van der Waals surface area contributed by atoms with E-state index >= 15 is 0 Å². The van der Waals surface area contributed by atoms with Crippen LogP contribution >= 0.6 is 24.2 Å². The van der Waals surface area contributed by atoms with Gasteiger partial charge in [-0.15, -0.1) is 0 Å². The lowest BCUT2D eigenvalue weighted by Gasteiger charge is -2.36. The van der Waals surface area contributed by atoms with Crippen molar-refractivity contribution < 1.29 is 0 Å². The summed E-state index contributed by atoms with van der Waals surface area (Å²) in [7, 11) is 0. The van der Waals surface area contributed by atoms with Crippen molar-refractivity contribution in [2.45, 2.75) is 0 Å². The molecule has 98 valence electrons. The van der Waals surface area contributed by atoms with E-state index in [1.807, 2.05) is 18.2 Å². The van der Waals surface area contributed by atoms with Gasteiger partial charge in [-0.25, -0.2) is 0 Å². The van der Waals surface area contributed by atoms with E-state index in [0.717, 1.165) is 43.5 Å². The molecule has 1 saturated heterocycles. The number of thiol groups is 1. The molecule has 0 bridgehead atoms. The van der Waals surface area contributed by atoms with Crippen molar-refractivity contribution in [2.75, 3.05) is 43.4 Å². The smallest absolute Gasteiger partial charge is 0.0426 e. The fourth-order valence-electron chi connectivity index (χ4n) is 2.20. The molecule has 0 aliphatic carbocycles. The molecule has 0 atom stereocenters. The van der Waals surface area contributed by atoms with Crippen LogP contribution in [0.4, 0.5) is 5.69 Å². The van der Waals surface area contributed by atoms with E-state index in [9.17, 15) is 0 Å². The number of piperazine rings is 1. The Labute approximate surface area is 120 Å². The zero-order chi connectivity index (χ0) is 13.0. The van der Waals surface area contributed by atoms with Gasteiger partial charge in [0.1, 0.15) is 0 Å². The molecule has 2 rings (SSSR count). The topological polar surface area (TPSA) is 6.48 Å². The Morgan fingerprint density at radius 2 is 2.00 bits per heavy atom. The van der Waals surface area contributed by atoms with Gasteiger partial charge in [0.05, 0.1) is 0 Å². The third-order valence-electron chi connectivity index (χ3n) is 3.22. The molecule has 0 radical (unpaired) electrons. The second-order valence-electron chi connectivity index (χ2n) is 4.65. The van der Waals surface area contributed by atoms with E-state index in [4.69, 9.17) is 11.6 Å². The summed E-state index contributed by atoms with van der Waals surface area (Å²) in [4.78, 5) is 4.81. The Bertz CT molecular complexity index is 414. The van der Waals surface area contributed by atoms with Crippen LogP contribution in [-0.4, -0.2) is 43.4 Å². The maximum atomic E-state index is 6.02. The molecule has 0 saturated carbocycles. The Morgan fingerprint density at radius 3 is 2.61 bits per heavy atom. The molecule has 1 aliphatic rings. The first-order chi connectivity index (χ1) is 8.69. The second kappa shape index (κ2) is 6.50. The highest BCUT2D eigenvalue weighted by Crippen LogP contribution is 2.20. The number of nitrogens with zero attached hydrogens (tertiary/aromatic N) is 2. The first-order valence-corrected chi connectivity index (χ1v) is 7.20. The number of anilines is 1. The van der Waals surface area contributed by atoms with Crippen molar-refractivity contribution in [2.24, 2.45) is 0 Å². The predicted octanol–water partition coefficient (Wildman–Crippen LogP) is 2.95. The largest absolute Gasteiger partial charge is 0.369 e. The standard InChI is InChI=1S/C14H19ClN2S/c1-12(11-18)10-16-5-7-17(8-6-16)14-4-2-3-13(15)9-14/h2-4,9,18H,1,5-8,10-11H2. The van der Waals surface area contributed by atoms with Crippen molar-refractivity contribution >= 4 is 29.9 Å². The van der Waals surface area contributed by atoms with Crippen LogP contribution in [0.5, 0.6) is 0 Å². The molecule has 1 aromatic carbocycles. The van der Waals surface area contributed by atoms with Crippen LogP contribution in [0.1, 0.15) is 0 Å². The average molecular weight is 283 g/mol. The molecule has 0 N–H and O–H groups in total. The van der Waals surface area contributed by atoms with E-state index in [1.165, 1.54) is 11.3 Å². The van der Waals surface area contributed by atoms with Crippen molar-refractivity contribution in [1.29, 1.82) is 0 Å². The molecule has 0 unspecified atom stereocenters. The molecule has 2 nitrogen and oxygen atoms in total. The third-order valence-corrected chi connectivity index (χ3v) is 3.90. The monoisotopic (exact) mass is 282 g/mol. The van der Waals surface area contributed by atoms with Gasteiger partial charge in [0.25, 0.3) is 0 Å². The summed E-state index contributed by atoms with van der Waals surface area (Å²) >= 11 is 10.3. The Morgan fingerprint density at radius 1 is 1.28 bits per heavy atom. The van der Waals surface area contributed by atoms with Crippen LogP contribution in [0.15, 0.2) is 36.4 Å². The fraction of sp³-hybridized carbons (Fsp3) is 0.429. The van der Waals surface area contributed by atoms with Gasteiger partial charge in [-0.2, -0.15) is 12.6 Å². The molecule has 1 aromatic rings. The summed E-state index contributed by atoms with van der Waals surface area (Å²) in [6, 6.07) is 8.07. The summed E-state index contributed by atoms with van der Waals surface area (Å²) in [6.45, 7) is 9.19. The molecule has 0 amide bonds. The van der Waals surface area contributed by atoms with Gasteiger partial charge in [0, 0.05) is 49.2 Å². The van der Waals surface area contributed by atoms with Gasteiger partial charge in [-0.05, 0) is 18.2 Å². The second-order valence-corrected chi connectivity index (χ2v) is 5.40. The van der Waals surface area contributed by atoms with Gasteiger partial charge in [0.2, 0.25) is 0 Å². The Balaban J connectivity index is 1.88. The average Bonchev–Trinajstić information content (AvgIpc) is 2.39. The molecule has 4 heteroatoms. The zero-order valence-electron chi connectivity index (χ0n) is 10.5. The lowest BCUT2D eigenvalue weighted by molar-refractivity contribution is 0.279. The van der Waals surface area contributed by atoms with Crippen LogP contribution in [0.3, 0.4) is 0 Å². The highest BCUT2D eigenvalue weighted by atomic mass is 35.5. The lowest BCUT2D eigenvalue weighted by Crippen LogP contribution is -2.47. The minimum Gasteiger partial charge on any atom is -0.369 e. The molecule has 1 heterocycles. The quantitative estimate of drug-likeness (QED) is 0.670. The maximum Gasteiger partial charge on any atom is 0.0426 e. The summed E-state index contributed by atoms with van der Waals surface area (Å²) in [5, 5.41) is 0.804. The van der Waals surface area contributed by atoms with E-state index in [0.29, 0.717) is 0 Å². The molecule has 0 aromatic heterocycles. The Kier molecular flexibility index (Phi) is 4.98. The van der Waals surface area contributed by atoms with Crippen LogP contribution in [0.2, 0.25) is 5.02 Å². The van der Waals surface area contributed by atoms with E-state index in [2.05, 4.69) is 35.1 Å². The number of rotatable bonds is 4. The molecule has 0 spiro atoms. The van der Waals surface area contributed by atoms with Gasteiger partial charge in [0.15, 0.2) is 0 Å². The zero-order valence-corrected chi connectivity index (χ0v) is 12.1. The van der Waals surface area contributed by atoms with Crippen LogP contribution in [-0.2, 0) is 0 Å². The van der Waals surface area contributed by atoms with Gasteiger partial charge in [-0.3, -0.25) is 4.90 Å². The molecular weight excluding hydrogens is 264 g/mol. The fourth-order valence-corrected chi connectivity index (χ4v) is 2.49. The third kappa shape index (κ3) is 3.67. The number of hydrogen-bond acceptors (Lipinski definition) is 3. The first-order valence-electron chi connectivity index (χ1n) is 6.19. The van der Waals surface area contributed by atoms with E-state index in [1.54, 1.807) is 0 Å². The lowest BCUT2D eigenvalue weighted by atomic mass is 10.2. The summed E-state index contributed by atoms with van der Waals surface area (Å²) in [5.41, 5.74) is 2.41. The number of halogens is 1. The Hall–Kier alpha value is -0.640. The number of benzene rings is 1. The molecule has 1 aliphatic heterocycles. The van der Waals surface area contributed by atoms with Crippen molar-refractivity contribution in [3.05, 3.63) is 41.4 Å². The number of hydrogen-bond donors (Lipinski definition) is 1. The minimum absolute atomic E-state index is 0.772. The first kappa shape index (κ1) is 13.8. The van der Waals surface area contributed by atoms with Crippen LogP contribution in [0, 0.1) is 0 Å². The SMILES string of the molecule is C=C(CS)CN1CCN(c2cccc(Cl)c2)CC1. The highest BCUT2D eigenvalue weighted by molar-refractivity contribution is 7.80. The van der Waals surface area contributed by atoms with Crippen LogP contribution in [0.25, 0.3) is 0 Å². The van der Waals surface area contributed by atoms with Crippen molar-refractivity contribution in [3.8, 4) is 0 Å².